The van der Waals surface area contributed by atoms with Crippen LogP contribution in [0.5, 0.6) is 0 Å². The second-order valence-electron chi connectivity index (χ2n) is 8.50. The highest BCUT2D eigenvalue weighted by molar-refractivity contribution is 6.06. The van der Waals surface area contributed by atoms with Gasteiger partial charge in [-0.25, -0.2) is 13.6 Å². The van der Waals surface area contributed by atoms with Gasteiger partial charge in [0.15, 0.2) is 0 Å². The number of halogens is 2. The van der Waals surface area contributed by atoms with Crippen molar-refractivity contribution in [3.05, 3.63) is 23.8 Å². The molecule has 0 radical (unpaired) electrons. The third kappa shape index (κ3) is 4.39. The molecule has 1 atom stereocenters. The number of fused-ring (bicyclic) bond motifs is 1. The van der Waals surface area contributed by atoms with E-state index in [1.54, 1.807) is 19.1 Å². The molecule has 4 amide bonds. The van der Waals surface area contributed by atoms with Crippen LogP contribution in [0.2, 0.25) is 0 Å². The monoisotopic (exact) mass is 420 g/mol. The van der Waals surface area contributed by atoms with Crippen LogP contribution in [0.1, 0.15) is 49.4 Å². The predicted octanol–water partition coefficient (Wildman–Crippen LogP) is 3.21. The summed E-state index contributed by atoms with van der Waals surface area (Å²) < 4.78 is 27.3. The molecule has 1 aromatic carbocycles. The quantitative estimate of drug-likeness (QED) is 0.785. The van der Waals surface area contributed by atoms with Crippen molar-refractivity contribution in [1.82, 2.24) is 10.2 Å². The summed E-state index contributed by atoms with van der Waals surface area (Å²) in [6.45, 7) is 1.64. The van der Waals surface area contributed by atoms with E-state index >= 15 is 0 Å². The van der Waals surface area contributed by atoms with Crippen LogP contribution in [0.25, 0.3) is 0 Å². The fourth-order valence-electron chi connectivity index (χ4n) is 4.03. The molecule has 2 N–H and O–H groups in total. The van der Waals surface area contributed by atoms with E-state index in [4.69, 9.17) is 0 Å². The number of carbonyl (C=O) groups excluding carboxylic acids is 3. The van der Waals surface area contributed by atoms with Crippen molar-refractivity contribution in [3.8, 4) is 0 Å². The SMILES string of the molecule is C[C@H]1CC(=O)Nc2cc(C(=O)NCCC3CC3)ccc2N1C(=O)N1CCC(F)(F)C1. The lowest BCUT2D eigenvalue weighted by Crippen LogP contribution is -2.47. The molecule has 0 bridgehead atoms. The van der Waals surface area contributed by atoms with Gasteiger partial charge in [-0.2, -0.15) is 0 Å². The van der Waals surface area contributed by atoms with Gasteiger partial charge in [-0.05, 0) is 37.5 Å². The topological polar surface area (TPSA) is 81.8 Å². The van der Waals surface area contributed by atoms with Crippen LogP contribution >= 0.6 is 0 Å². The lowest BCUT2D eigenvalue weighted by atomic mass is 10.1. The van der Waals surface area contributed by atoms with E-state index < -0.39 is 24.5 Å². The summed E-state index contributed by atoms with van der Waals surface area (Å²) in [5.74, 6) is -2.74. The normalized spacial score (nSPS) is 22.9. The van der Waals surface area contributed by atoms with E-state index in [-0.39, 0.29) is 31.2 Å². The third-order valence-electron chi connectivity index (χ3n) is 5.90. The maximum atomic E-state index is 13.6. The van der Waals surface area contributed by atoms with Crippen molar-refractivity contribution in [2.45, 2.75) is 51.0 Å². The maximum absolute atomic E-state index is 13.6. The van der Waals surface area contributed by atoms with Crippen molar-refractivity contribution in [1.29, 1.82) is 0 Å². The first kappa shape index (κ1) is 20.6. The van der Waals surface area contributed by atoms with Gasteiger partial charge in [0.1, 0.15) is 0 Å². The Labute approximate surface area is 173 Å². The lowest BCUT2D eigenvalue weighted by molar-refractivity contribution is -0.116. The molecule has 0 spiro atoms. The molecule has 1 aliphatic carbocycles. The number of anilines is 2. The zero-order valence-corrected chi connectivity index (χ0v) is 16.9. The number of hydrogen-bond acceptors (Lipinski definition) is 3. The number of benzene rings is 1. The smallest absolute Gasteiger partial charge is 0.325 e. The van der Waals surface area contributed by atoms with E-state index in [2.05, 4.69) is 10.6 Å². The number of rotatable bonds is 4. The van der Waals surface area contributed by atoms with E-state index in [0.717, 1.165) is 11.3 Å². The molecule has 0 aromatic heterocycles. The van der Waals surface area contributed by atoms with Gasteiger partial charge >= 0.3 is 6.03 Å². The Morgan fingerprint density at radius 3 is 2.73 bits per heavy atom. The largest absolute Gasteiger partial charge is 0.352 e. The number of alkyl halides is 2. The van der Waals surface area contributed by atoms with Crippen LogP contribution in [-0.4, -0.2) is 54.3 Å². The first-order valence-electron chi connectivity index (χ1n) is 10.4. The number of nitrogens with one attached hydrogen (secondary N) is 2. The Kier molecular flexibility index (Phi) is 5.38. The van der Waals surface area contributed by atoms with Gasteiger partial charge in [0, 0.05) is 37.5 Å². The van der Waals surface area contributed by atoms with Crippen LogP contribution in [0, 0.1) is 5.92 Å². The average molecular weight is 420 g/mol. The fraction of sp³-hybridized carbons (Fsp3) is 0.571. The summed E-state index contributed by atoms with van der Waals surface area (Å²) in [5.41, 5.74) is 1.11. The van der Waals surface area contributed by atoms with Gasteiger partial charge < -0.3 is 15.5 Å². The Bertz CT molecular complexity index is 872. The highest BCUT2D eigenvalue weighted by Gasteiger charge is 2.43. The molecular weight excluding hydrogens is 394 g/mol. The van der Waals surface area contributed by atoms with Crippen LogP contribution in [0.15, 0.2) is 18.2 Å². The van der Waals surface area contributed by atoms with E-state index in [0.29, 0.717) is 29.4 Å². The first-order chi connectivity index (χ1) is 14.2. The molecule has 9 heteroatoms. The number of carbonyl (C=O) groups is 3. The second kappa shape index (κ2) is 7.85. The van der Waals surface area contributed by atoms with Crippen LogP contribution < -0.4 is 15.5 Å². The van der Waals surface area contributed by atoms with Crippen LogP contribution in [-0.2, 0) is 4.79 Å². The molecular formula is C21H26F2N4O3. The summed E-state index contributed by atoms with van der Waals surface area (Å²) in [5, 5.41) is 5.62. The summed E-state index contributed by atoms with van der Waals surface area (Å²) in [6, 6.07) is 3.66. The minimum atomic E-state index is -2.90. The molecule has 2 aliphatic heterocycles. The Hall–Kier alpha value is -2.71. The van der Waals surface area contributed by atoms with E-state index in [9.17, 15) is 23.2 Å². The molecule has 4 rings (SSSR count). The zero-order chi connectivity index (χ0) is 21.5. The van der Waals surface area contributed by atoms with Crippen molar-refractivity contribution in [2.24, 2.45) is 5.92 Å². The third-order valence-corrected chi connectivity index (χ3v) is 5.90. The Morgan fingerprint density at radius 2 is 2.07 bits per heavy atom. The van der Waals surface area contributed by atoms with E-state index in [1.807, 2.05) is 0 Å². The summed E-state index contributed by atoms with van der Waals surface area (Å²) >= 11 is 0. The highest BCUT2D eigenvalue weighted by atomic mass is 19.3. The second-order valence-corrected chi connectivity index (χ2v) is 8.50. The maximum Gasteiger partial charge on any atom is 0.325 e. The Morgan fingerprint density at radius 1 is 1.30 bits per heavy atom. The molecule has 2 fully saturated rings. The van der Waals surface area contributed by atoms with Gasteiger partial charge in [-0.3, -0.25) is 14.5 Å². The van der Waals surface area contributed by atoms with Crippen molar-refractivity contribution in [2.75, 3.05) is 29.9 Å². The number of amides is 4. The van der Waals surface area contributed by atoms with Crippen LogP contribution in [0.3, 0.4) is 0 Å². The highest BCUT2D eigenvalue weighted by Crippen LogP contribution is 2.35. The number of hydrogen-bond donors (Lipinski definition) is 2. The van der Waals surface area contributed by atoms with Gasteiger partial charge in [0.05, 0.1) is 17.9 Å². The molecule has 30 heavy (non-hydrogen) atoms. The molecule has 3 aliphatic rings. The van der Waals surface area contributed by atoms with E-state index in [1.165, 1.54) is 23.8 Å². The predicted molar refractivity (Wildman–Crippen MR) is 108 cm³/mol. The minimum absolute atomic E-state index is 0.0345. The van der Waals surface area contributed by atoms with Gasteiger partial charge in [0.25, 0.3) is 11.8 Å². The lowest BCUT2D eigenvalue weighted by Gasteiger charge is -2.32. The van der Waals surface area contributed by atoms with Crippen molar-refractivity contribution in [3.63, 3.8) is 0 Å². The Balaban J connectivity index is 1.56. The summed E-state index contributed by atoms with van der Waals surface area (Å²) in [7, 11) is 0. The standard InChI is InChI=1S/C21H26F2N4O3/c1-13-10-18(28)25-16-11-15(19(29)24-8-6-14-2-3-14)4-5-17(16)27(13)20(30)26-9-7-21(22,23)12-26/h4-5,11,13-14H,2-3,6-10,12H2,1H3,(H,24,29)(H,25,28)/t13-/m0/s1. The molecule has 162 valence electrons. The van der Waals surface area contributed by atoms with Gasteiger partial charge in [-0.1, -0.05) is 12.8 Å². The van der Waals surface area contributed by atoms with Crippen molar-refractivity contribution < 1.29 is 23.2 Å². The van der Waals surface area contributed by atoms with Crippen LogP contribution in [0.4, 0.5) is 25.0 Å². The first-order valence-corrected chi connectivity index (χ1v) is 10.4. The molecule has 1 saturated carbocycles. The molecule has 7 nitrogen and oxygen atoms in total. The fourth-order valence-corrected chi connectivity index (χ4v) is 4.03. The number of urea groups is 1. The van der Waals surface area contributed by atoms with Gasteiger partial charge in [-0.15, -0.1) is 0 Å². The number of likely N-dealkylation sites (tertiary alicyclic amines) is 1. The molecule has 2 heterocycles. The van der Waals surface area contributed by atoms with Gasteiger partial charge in [0.2, 0.25) is 5.91 Å². The number of nitrogens with zero attached hydrogens (tertiary/aromatic N) is 2. The molecule has 1 aromatic rings. The average Bonchev–Trinajstić information content (AvgIpc) is 3.44. The minimum Gasteiger partial charge on any atom is -0.352 e. The molecule has 1 saturated heterocycles. The van der Waals surface area contributed by atoms with Crippen molar-refractivity contribution >= 4 is 29.2 Å². The molecule has 0 unspecified atom stereocenters. The summed E-state index contributed by atoms with van der Waals surface area (Å²) in [6.07, 6.45) is 3.05. The zero-order valence-electron chi connectivity index (χ0n) is 16.9. The summed E-state index contributed by atoms with van der Waals surface area (Å²) in [4.78, 5) is 40.3.